The smallest absolute Gasteiger partial charge is 0.358 e. The van der Waals surface area contributed by atoms with E-state index in [1.54, 1.807) is 6.92 Å². The van der Waals surface area contributed by atoms with Crippen molar-refractivity contribution >= 4 is 11.9 Å². The SMILES string of the molecule is CC(C)c1c(C(=O)O)nnn1C(C)C(=O)N1CCCCC1. The molecule has 1 aliphatic rings. The standard InChI is InChI=1S/C14H22N4O3/c1-9(2)12-11(14(20)21)15-16-18(12)10(3)13(19)17-7-5-4-6-8-17/h9-10H,4-8H2,1-3H3,(H,20,21). The average Bonchev–Trinajstić information content (AvgIpc) is 2.91. The normalized spacial score (nSPS) is 17.0. The molecule has 1 aromatic heterocycles. The maximum Gasteiger partial charge on any atom is 0.358 e. The van der Waals surface area contributed by atoms with Crippen LogP contribution in [0, 0.1) is 0 Å². The van der Waals surface area contributed by atoms with Crippen molar-refractivity contribution in [3.8, 4) is 0 Å². The number of aromatic nitrogens is 3. The summed E-state index contributed by atoms with van der Waals surface area (Å²) >= 11 is 0. The quantitative estimate of drug-likeness (QED) is 0.912. The number of rotatable bonds is 4. The number of carbonyl (C=O) groups is 2. The van der Waals surface area contributed by atoms with Gasteiger partial charge in [0.25, 0.3) is 0 Å². The topological polar surface area (TPSA) is 88.3 Å². The molecule has 7 nitrogen and oxygen atoms in total. The highest BCUT2D eigenvalue weighted by Crippen LogP contribution is 2.23. The van der Waals surface area contributed by atoms with Crippen molar-refractivity contribution in [3.05, 3.63) is 11.4 Å². The predicted molar refractivity (Wildman–Crippen MR) is 76.2 cm³/mol. The fourth-order valence-corrected chi connectivity index (χ4v) is 2.76. The zero-order valence-electron chi connectivity index (χ0n) is 12.7. The minimum absolute atomic E-state index is 0.0153. The van der Waals surface area contributed by atoms with Crippen molar-refractivity contribution in [3.63, 3.8) is 0 Å². The minimum atomic E-state index is -1.11. The lowest BCUT2D eigenvalue weighted by Gasteiger charge is -2.29. The van der Waals surface area contributed by atoms with E-state index in [9.17, 15) is 14.7 Å². The molecule has 1 aromatic rings. The first-order chi connectivity index (χ1) is 9.93. The summed E-state index contributed by atoms with van der Waals surface area (Å²) in [5.74, 6) is -1.19. The zero-order valence-corrected chi connectivity index (χ0v) is 12.7. The summed E-state index contributed by atoms with van der Waals surface area (Å²) in [4.78, 5) is 25.6. The van der Waals surface area contributed by atoms with Crippen LogP contribution in [-0.4, -0.2) is 50.0 Å². The molecule has 2 rings (SSSR count). The Morgan fingerprint density at radius 1 is 1.14 bits per heavy atom. The second-order valence-electron chi connectivity index (χ2n) is 5.79. The van der Waals surface area contributed by atoms with Gasteiger partial charge in [0.15, 0.2) is 5.69 Å². The molecular formula is C14H22N4O3. The molecule has 0 aliphatic carbocycles. The van der Waals surface area contributed by atoms with Gasteiger partial charge in [0, 0.05) is 13.1 Å². The minimum Gasteiger partial charge on any atom is -0.476 e. The number of hydrogen-bond donors (Lipinski definition) is 1. The number of nitrogens with zero attached hydrogens (tertiary/aromatic N) is 4. The van der Waals surface area contributed by atoms with Gasteiger partial charge in [0.05, 0.1) is 5.69 Å². The van der Waals surface area contributed by atoms with Gasteiger partial charge in [-0.15, -0.1) is 5.10 Å². The van der Waals surface area contributed by atoms with Crippen LogP contribution < -0.4 is 0 Å². The Labute approximate surface area is 123 Å². The van der Waals surface area contributed by atoms with Crippen molar-refractivity contribution in [1.29, 1.82) is 0 Å². The van der Waals surface area contributed by atoms with Gasteiger partial charge in [-0.1, -0.05) is 19.1 Å². The molecule has 1 unspecified atom stereocenters. The van der Waals surface area contributed by atoms with Gasteiger partial charge in [-0.05, 0) is 32.1 Å². The number of amides is 1. The third-order valence-electron chi connectivity index (χ3n) is 3.87. The lowest BCUT2D eigenvalue weighted by Crippen LogP contribution is -2.40. The Morgan fingerprint density at radius 2 is 1.76 bits per heavy atom. The Morgan fingerprint density at radius 3 is 2.29 bits per heavy atom. The largest absolute Gasteiger partial charge is 0.476 e. The summed E-state index contributed by atoms with van der Waals surface area (Å²) in [7, 11) is 0. The van der Waals surface area contributed by atoms with Crippen molar-refractivity contribution in [2.45, 2.75) is 52.0 Å². The first-order valence-electron chi connectivity index (χ1n) is 7.40. The molecule has 0 radical (unpaired) electrons. The van der Waals surface area contributed by atoms with Crippen LogP contribution in [0.3, 0.4) is 0 Å². The number of piperidine rings is 1. The van der Waals surface area contributed by atoms with Gasteiger partial charge >= 0.3 is 5.97 Å². The Balaban J connectivity index is 2.28. The van der Waals surface area contributed by atoms with Gasteiger partial charge in [0.1, 0.15) is 6.04 Å². The van der Waals surface area contributed by atoms with E-state index in [2.05, 4.69) is 10.3 Å². The van der Waals surface area contributed by atoms with Gasteiger partial charge < -0.3 is 10.0 Å². The summed E-state index contributed by atoms with van der Waals surface area (Å²) in [5.41, 5.74) is 0.434. The van der Waals surface area contributed by atoms with E-state index in [4.69, 9.17) is 0 Å². The predicted octanol–water partition coefficient (Wildman–Crippen LogP) is 1.67. The summed E-state index contributed by atoms with van der Waals surface area (Å²) < 4.78 is 1.46. The van der Waals surface area contributed by atoms with Crippen LogP contribution in [0.2, 0.25) is 0 Å². The third-order valence-corrected chi connectivity index (χ3v) is 3.87. The van der Waals surface area contributed by atoms with Gasteiger partial charge in [-0.2, -0.15) is 0 Å². The lowest BCUT2D eigenvalue weighted by molar-refractivity contribution is -0.135. The van der Waals surface area contributed by atoms with Crippen LogP contribution in [0.15, 0.2) is 0 Å². The first-order valence-corrected chi connectivity index (χ1v) is 7.40. The molecule has 0 spiro atoms. The maximum absolute atomic E-state index is 12.5. The van der Waals surface area contributed by atoms with Crippen molar-refractivity contribution in [1.82, 2.24) is 19.9 Å². The monoisotopic (exact) mass is 294 g/mol. The van der Waals surface area contributed by atoms with E-state index in [1.807, 2.05) is 18.7 Å². The molecule has 1 aliphatic heterocycles. The molecule has 1 fully saturated rings. The Kier molecular flexibility index (Phi) is 4.59. The van der Waals surface area contributed by atoms with E-state index >= 15 is 0 Å². The molecule has 0 saturated carbocycles. The van der Waals surface area contributed by atoms with E-state index in [-0.39, 0.29) is 17.5 Å². The lowest BCUT2D eigenvalue weighted by atomic mass is 10.1. The second-order valence-corrected chi connectivity index (χ2v) is 5.79. The molecule has 7 heteroatoms. The second kappa shape index (κ2) is 6.24. The molecular weight excluding hydrogens is 272 g/mol. The van der Waals surface area contributed by atoms with Gasteiger partial charge in [-0.25, -0.2) is 9.48 Å². The summed E-state index contributed by atoms with van der Waals surface area (Å²) in [6.07, 6.45) is 3.20. The van der Waals surface area contributed by atoms with Crippen molar-refractivity contribution in [2.24, 2.45) is 0 Å². The van der Waals surface area contributed by atoms with Crippen LogP contribution in [-0.2, 0) is 4.79 Å². The first kappa shape index (κ1) is 15.5. The fraction of sp³-hybridized carbons (Fsp3) is 0.714. The fourth-order valence-electron chi connectivity index (χ4n) is 2.76. The van der Waals surface area contributed by atoms with E-state index in [0.717, 1.165) is 32.4 Å². The highest BCUT2D eigenvalue weighted by molar-refractivity contribution is 5.87. The number of hydrogen-bond acceptors (Lipinski definition) is 4. The molecule has 0 bridgehead atoms. The van der Waals surface area contributed by atoms with Crippen LogP contribution in [0.5, 0.6) is 0 Å². The molecule has 1 atom stereocenters. The summed E-state index contributed by atoms with van der Waals surface area (Å²) in [5, 5.41) is 16.8. The molecule has 0 aromatic carbocycles. The van der Waals surface area contributed by atoms with Crippen LogP contribution in [0.1, 0.15) is 68.2 Å². The Bertz CT molecular complexity index is 532. The van der Waals surface area contributed by atoms with Gasteiger partial charge in [-0.3, -0.25) is 4.79 Å². The molecule has 1 N–H and O–H groups in total. The Hall–Kier alpha value is -1.92. The van der Waals surface area contributed by atoms with Crippen LogP contribution >= 0.6 is 0 Å². The van der Waals surface area contributed by atoms with E-state index < -0.39 is 12.0 Å². The molecule has 1 amide bonds. The average molecular weight is 294 g/mol. The van der Waals surface area contributed by atoms with Gasteiger partial charge in [0.2, 0.25) is 5.91 Å². The van der Waals surface area contributed by atoms with Crippen molar-refractivity contribution in [2.75, 3.05) is 13.1 Å². The number of likely N-dealkylation sites (tertiary alicyclic amines) is 1. The molecule has 1 saturated heterocycles. The maximum atomic E-state index is 12.5. The number of carboxylic acids is 1. The van der Waals surface area contributed by atoms with E-state index in [0.29, 0.717) is 5.69 Å². The number of carboxylic acid groups (broad SMARTS) is 1. The number of carbonyl (C=O) groups excluding carboxylic acids is 1. The molecule has 116 valence electrons. The van der Waals surface area contributed by atoms with Crippen molar-refractivity contribution < 1.29 is 14.7 Å². The molecule has 21 heavy (non-hydrogen) atoms. The third kappa shape index (κ3) is 3.06. The van der Waals surface area contributed by atoms with Crippen LogP contribution in [0.4, 0.5) is 0 Å². The zero-order chi connectivity index (χ0) is 15.6. The highest BCUT2D eigenvalue weighted by atomic mass is 16.4. The number of aromatic carboxylic acids is 1. The highest BCUT2D eigenvalue weighted by Gasteiger charge is 2.29. The van der Waals surface area contributed by atoms with Crippen LogP contribution in [0.25, 0.3) is 0 Å². The van der Waals surface area contributed by atoms with E-state index in [1.165, 1.54) is 4.68 Å². The summed E-state index contributed by atoms with van der Waals surface area (Å²) in [6.45, 7) is 7.03. The summed E-state index contributed by atoms with van der Waals surface area (Å²) in [6, 6.07) is -0.527. The molecule has 2 heterocycles.